The lowest BCUT2D eigenvalue weighted by Crippen LogP contribution is -1.92. The molecule has 0 saturated heterocycles. The molecule has 0 atom stereocenters. The lowest BCUT2D eigenvalue weighted by Gasteiger charge is -2.19. The first-order chi connectivity index (χ1) is 64.2. The van der Waals surface area contributed by atoms with Crippen LogP contribution in [0.5, 0.6) is 0 Å². The van der Waals surface area contributed by atoms with Crippen LogP contribution in [0.15, 0.2) is 462 Å². The number of fused-ring (bicyclic) bond motifs is 16. The Morgan fingerprint density at radius 1 is 0.157 bits per heavy atom. The molecule has 0 aliphatic rings. The van der Waals surface area contributed by atoms with Crippen molar-refractivity contribution in [3.05, 3.63) is 449 Å². The third-order valence-corrected chi connectivity index (χ3v) is 23.9. The van der Waals surface area contributed by atoms with Crippen LogP contribution in [0.2, 0.25) is 0 Å². The van der Waals surface area contributed by atoms with E-state index in [2.05, 4.69) is 243 Å². The third kappa shape index (κ3) is 12.0. The predicted octanol–water partition coefficient (Wildman–Crippen LogP) is 33.8. The zero-order valence-corrected chi connectivity index (χ0v) is 65.2. The second kappa shape index (κ2) is 29.7. The van der Waals surface area contributed by atoms with Gasteiger partial charge in [0.05, 0.1) is 13.7 Å². The summed E-state index contributed by atoms with van der Waals surface area (Å²) in [6.07, 6.45) is 0. The highest BCUT2D eigenvalue weighted by molar-refractivity contribution is 6.30. The highest BCUT2D eigenvalue weighted by atomic mass is 16.3. The molecule has 25 rings (SSSR count). The van der Waals surface area contributed by atoms with Crippen molar-refractivity contribution in [2.45, 2.75) is 0 Å². The number of para-hydroxylation sites is 3. The van der Waals surface area contributed by atoms with Crippen LogP contribution in [-0.2, 0) is 0 Å². The molecule has 0 unspecified atom stereocenters. The van der Waals surface area contributed by atoms with Gasteiger partial charge in [-0.05, 0) is 213 Å². The summed E-state index contributed by atoms with van der Waals surface area (Å²) < 4.78 is 105. The smallest absolute Gasteiger partial charge is 0.143 e. The van der Waals surface area contributed by atoms with Crippen molar-refractivity contribution >= 4 is 141 Å². The van der Waals surface area contributed by atoms with Gasteiger partial charge in [0.1, 0.15) is 33.5 Å². The number of rotatable bonds is 9. The van der Waals surface area contributed by atoms with Gasteiger partial charge in [-0.1, -0.05) is 400 Å². The average Bonchev–Trinajstić information content (AvgIpc) is 1.30. The summed E-state index contributed by atoms with van der Waals surface area (Å²) in [7, 11) is 0. The summed E-state index contributed by atoms with van der Waals surface area (Å²) in [6, 6.07) is 131. The largest absolute Gasteiger partial charge is 0.456 e. The average molecular weight is 1550 g/mol. The van der Waals surface area contributed by atoms with Crippen molar-refractivity contribution < 1.29 is 27.0 Å². The van der Waals surface area contributed by atoms with Crippen LogP contribution in [0, 0.1) is 0 Å². The van der Waals surface area contributed by atoms with Crippen LogP contribution in [0.25, 0.3) is 241 Å². The molecule has 0 spiro atoms. The molecule has 0 N–H and O–H groups in total. The SMILES string of the molecule is [2H]c1c([2H])c([2H])c(-c2c3ccccc3c(-c3cc(-c4ccccc4)cc4oc5ccccc5c34)c3ccccc23)c([2H])c1[2H].[2H]c1c([2H])c([2H])c(-c2c3ccccc3c(-c3ccc(-c4ccccc4)c4oc5ccccc5c34)c3ccccc23)c([2H])c1[2H].c1ccc(-c2c3ccccc3c(-c3ccc(-c4ccc5ccccc5c4)c4oc5ccccc5c34)c3ccccc23)cc1. The summed E-state index contributed by atoms with van der Waals surface area (Å²) in [5, 5.41) is 20.7. The standard InChI is InChI=1S/C42H26O.2C38H24O/c1-2-13-28(14-3-1)39-32-16-6-8-18-34(32)40(35-19-9-7-17-33(35)39)37-25-24-31(30-23-22-27-12-4-5-15-29(27)26-30)42-41(37)36-20-10-11-21-38(36)43-42;1-3-13-25(14-4-1)27-23-33(38-32-21-11-12-22-34(32)39-35(38)24-27)37-30-19-9-7-17-28(30)36(26-15-5-2-6-16-26)29-18-8-10-20-31(29)37;1-3-13-25(14-4-1)27-23-24-33(37-32-21-11-12-22-34(32)39-38(27)37)36-30-19-9-7-17-28(30)35(26-15-5-2-6-16-26)29-18-8-10-20-31(29)36/h1-26H;2*1-24H/i;2*2D,5D,6D,15D,16D. The number of benzene rings is 22. The molecule has 0 aliphatic heterocycles. The van der Waals surface area contributed by atoms with Gasteiger partial charge in [0, 0.05) is 43.4 Å². The van der Waals surface area contributed by atoms with E-state index in [-0.39, 0.29) is 59.5 Å². The normalized spacial score (nSPS) is 12.8. The number of hydrogen-bond acceptors (Lipinski definition) is 3. The maximum atomic E-state index is 8.86. The van der Waals surface area contributed by atoms with Gasteiger partial charge < -0.3 is 13.3 Å². The highest BCUT2D eigenvalue weighted by Gasteiger charge is 2.27. The zero-order chi connectivity index (χ0) is 88.6. The van der Waals surface area contributed by atoms with E-state index >= 15 is 0 Å². The Hall–Kier alpha value is -15.9. The molecule has 564 valence electrons. The molecular weight excluding hydrogens is 1470 g/mol. The van der Waals surface area contributed by atoms with Gasteiger partial charge in [-0.3, -0.25) is 0 Å². The summed E-state index contributed by atoms with van der Waals surface area (Å²) in [6.45, 7) is 0. The van der Waals surface area contributed by atoms with Gasteiger partial charge in [0.2, 0.25) is 0 Å². The monoisotopic (exact) mass is 1550 g/mol. The van der Waals surface area contributed by atoms with Crippen molar-refractivity contribution in [3.63, 3.8) is 0 Å². The molecule has 0 bridgehead atoms. The maximum absolute atomic E-state index is 8.86. The van der Waals surface area contributed by atoms with Crippen molar-refractivity contribution in [1.82, 2.24) is 0 Å². The Bertz CT molecular complexity index is 8820. The van der Waals surface area contributed by atoms with Crippen LogP contribution in [0.4, 0.5) is 0 Å². The van der Waals surface area contributed by atoms with E-state index in [0.717, 1.165) is 165 Å². The second-order valence-corrected chi connectivity index (χ2v) is 30.6. The molecule has 0 radical (unpaired) electrons. The van der Waals surface area contributed by atoms with Gasteiger partial charge >= 0.3 is 0 Å². The van der Waals surface area contributed by atoms with E-state index in [4.69, 9.17) is 27.0 Å². The molecule has 25 aromatic rings. The fourth-order valence-corrected chi connectivity index (χ4v) is 18.8. The van der Waals surface area contributed by atoms with Crippen LogP contribution < -0.4 is 0 Å². The first-order valence-corrected chi connectivity index (χ1v) is 40.7. The Morgan fingerprint density at radius 3 is 0.884 bits per heavy atom. The second-order valence-electron chi connectivity index (χ2n) is 30.6. The first kappa shape index (κ1) is 60.6. The Morgan fingerprint density at radius 2 is 0.463 bits per heavy atom. The number of furan rings is 3. The quantitative estimate of drug-likeness (QED) is 0.135. The Kier molecular flexibility index (Phi) is 14.8. The van der Waals surface area contributed by atoms with Gasteiger partial charge in [-0.2, -0.15) is 0 Å². The molecule has 121 heavy (non-hydrogen) atoms. The summed E-state index contributed by atoms with van der Waals surface area (Å²) in [5.41, 5.74) is 22.1. The van der Waals surface area contributed by atoms with Gasteiger partial charge in [0.15, 0.2) is 0 Å². The molecule has 3 aromatic heterocycles. The fraction of sp³-hybridized carbons (Fsp3) is 0. The van der Waals surface area contributed by atoms with Crippen molar-refractivity contribution in [1.29, 1.82) is 0 Å². The first-order valence-electron chi connectivity index (χ1n) is 45.7. The minimum absolute atomic E-state index is 0.201. The Balaban J connectivity index is 0.000000112. The Labute approximate surface area is 712 Å². The van der Waals surface area contributed by atoms with Crippen LogP contribution >= 0.6 is 0 Å². The van der Waals surface area contributed by atoms with E-state index in [1.807, 2.05) is 146 Å². The molecule has 0 amide bonds. The van der Waals surface area contributed by atoms with E-state index in [0.29, 0.717) is 11.1 Å². The van der Waals surface area contributed by atoms with E-state index in [1.54, 1.807) is 0 Å². The zero-order valence-electron chi connectivity index (χ0n) is 75.2. The predicted molar refractivity (Wildman–Crippen MR) is 513 cm³/mol. The van der Waals surface area contributed by atoms with Crippen LogP contribution in [-0.4, -0.2) is 0 Å². The van der Waals surface area contributed by atoms with Crippen molar-refractivity contribution in [2.75, 3.05) is 0 Å². The van der Waals surface area contributed by atoms with E-state index < -0.39 is 12.1 Å². The molecule has 3 nitrogen and oxygen atoms in total. The van der Waals surface area contributed by atoms with E-state index in [9.17, 15) is 0 Å². The molecule has 0 aliphatic carbocycles. The third-order valence-electron chi connectivity index (χ3n) is 23.9. The molecule has 22 aromatic carbocycles. The summed E-state index contributed by atoms with van der Waals surface area (Å²) >= 11 is 0. The minimum atomic E-state index is -0.402. The van der Waals surface area contributed by atoms with E-state index in [1.165, 1.54) is 54.6 Å². The molecule has 3 heteroatoms. The van der Waals surface area contributed by atoms with Gasteiger partial charge in [0.25, 0.3) is 0 Å². The van der Waals surface area contributed by atoms with Crippen LogP contribution in [0.1, 0.15) is 13.7 Å². The van der Waals surface area contributed by atoms with Crippen LogP contribution in [0.3, 0.4) is 0 Å². The number of hydrogen-bond donors (Lipinski definition) is 0. The lowest BCUT2D eigenvalue weighted by molar-refractivity contribution is 0.669. The van der Waals surface area contributed by atoms with Crippen molar-refractivity contribution in [3.8, 4) is 100 Å². The minimum Gasteiger partial charge on any atom is -0.456 e. The summed E-state index contributed by atoms with van der Waals surface area (Å²) in [4.78, 5) is 0. The van der Waals surface area contributed by atoms with Crippen molar-refractivity contribution in [2.24, 2.45) is 0 Å². The molecule has 0 fully saturated rings. The lowest BCUT2D eigenvalue weighted by atomic mass is 9.84. The highest BCUT2D eigenvalue weighted by Crippen LogP contribution is 2.53. The molecule has 0 saturated carbocycles. The topological polar surface area (TPSA) is 39.4 Å². The molecular formula is C118H74O3. The fourth-order valence-electron chi connectivity index (χ4n) is 18.8. The van der Waals surface area contributed by atoms with Gasteiger partial charge in [-0.15, -0.1) is 0 Å². The van der Waals surface area contributed by atoms with Gasteiger partial charge in [-0.25, -0.2) is 0 Å². The molecule has 3 heterocycles. The maximum Gasteiger partial charge on any atom is 0.143 e. The summed E-state index contributed by atoms with van der Waals surface area (Å²) in [5.74, 6) is 0.